The molecule has 5 heteroatoms. The molecule has 0 unspecified atom stereocenters. The maximum atomic E-state index is 5.85. The van der Waals surface area contributed by atoms with Crippen molar-refractivity contribution in [2.24, 2.45) is 0 Å². The minimum atomic E-state index is 0.143. The first-order valence-corrected chi connectivity index (χ1v) is 6.52. The monoisotopic (exact) mass is 250 g/mol. The van der Waals surface area contributed by atoms with E-state index >= 15 is 0 Å². The first-order valence-electron chi connectivity index (χ1n) is 6.52. The Balaban J connectivity index is 2.24. The minimum absolute atomic E-state index is 0.143. The van der Waals surface area contributed by atoms with Crippen molar-refractivity contribution >= 4 is 11.6 Å². The summed E-state index contributed by atoms with van der Waals surface area (Å²) in [6, 6.07) is 1.85. The zero-order chi connectivity index (χ0) is 13.2. The summed E-state index contributed by atoms with van der Waals surface area (Å²) in [7, 11) is 0. The third-order valence-corrected chi connectivity index (χ3v) is 3.39. The molecule has 1 fully saturated rings. The molecule has 0 atom stereocenters. The van der Waals surface area contributed by atoms with E-state index in [9.17, 15) is 0 Å². The van der Waals surface area contributed by atoms with E-state index in [1.165, 1.54) is 12.8 Å². The van der Waals surface area contributed by atoms with Crippen LogP contribution >= 0.6 is 0 Å². The molecule has 0 amide bonds. The molecule has 1 aromatic rings. The van der Waals surface area contributed by atoms with Gasteiger partial charge in [-0.1, -0.05) is 0 Å². The Hall–Kier alpha value is -1.36. The third kappa shape index (κ3) is 2.72. The van der Waals surface area contributed by atoms with E-state index in [0.717, 1.165) is 12.4 Å². The van der Waals surface area contributed by atoms with Crippen molar-refractivity contribution in [3.8, 4) is 0 Å². The summed E-state index contributed by atoms with van der Waals surface area (Å²) in [6.45, 7) is 8.53. The first-order chi connectivity index (χ1) is 8.53. The van der Waals surface area contributed by atoms with Crippen LogP contribution in [0.3, 0.4) is 0 Å². The lowest BCUT2D eigenvalue weighted by molar-refractivity contribution is 0.128. The number of nitrogen functional groups attached to an aromatic ring is 1. The number of hydrogen-bond donors (Lipinski definition) is 1. The summed E-state index contributed by atoms with van der Waals surface area (Å²) in [5.74, 6) is 2.09. The Kier molecular flexibility index (Phi) is 3.71. The molecule has 18 heavy (non-hydrogen) atoms. The fraction of sp³-hybridized carbons (Fsp3) is 0.692. The highest BCUT2D eigenvalue weighted by molar-refractivity contribution is 5.49. The fourth-order valence-electron chi connectivity index (χ4n) is 2.43. The third-order valence-electron chi connectivity index (χ3n) is 3.39. The first kappa shape index (κ1) is 13.1. The van der Waals surface area contributed by atoms with Crippen LogP contribution in [0, 0.1) is 0 Å². The van der Waals surface area contributed by atoms with Crippen LogP contribution in [0.2, 0.25) is 0 Å². The molecule has 0 bridgehead atoms. The average Bonchev–Trinajstić information content (AvgIpc) is 2.65. The highest BCUT2D eigenvalue weighted by Gasteiger charge is 2.33. The van der Waals surface area contributed by atoms with Crippen molar-refractivity contribution in [3.05, 3.63) is 11.9 Å². The van der Waals surface area contributed by atoms with E-state index in [1.54, 1.807) is 0 Å². The molecule has 0 spiro atoms. The quantitative estimate of drug-likeness (QED) is 0.885. The maximum absolute atomic E-state index is 5.85. The van der Waals surface area contributed by atoms with Gasteiger partial charge in [-0.2, -0.15) is 0 Å². The van der Waals surface area contributed by atoms with Crippen LogP contribution in [0.1, 0.15) is 39.4 Å². The van der Waals surface area contributed by atoms with Gasteiger partial charge in [0.15, 0.2) is 5.82 Å². The van der Waals surface area contributed by atoms with Crippen LogP contribution < -0.4 is 10.6 Å². The molecule has 5 nitrogen and oxygen atoms in total. The number of ether oxygens (including phenoxy) is 1. The van der Waals surface area contributed by atoms with Crippen LogP contribution in [0.5, 0.6) is 0 Å². The van der Waals surface area contributed by atoms with Crippen LogP contribution in [0.15, 0.2) is 6.07 Å². The van der Waals surface area contributed by atoms with Crippen molar-refractivity contribution in [3.63, 3.8) is 0 Å². The van der Waals surface area contributed by atoms with E-state index in [2.05, 4.69) is 28.7 Å². The number of anilines is 2. The Bertz CT molecular complexity index is 419. The van der Waals surface area contributed by atoms with Gasteiger partial charge in [0.2, 0.25) is 0 Å². The zero-order valence-electron chi connectivity index (χ0n) is 11.4. The molecule has 2 heterocycles. The van der Waals surface area contributed by atoms with Gasteiger partial charge in [-0.3, -0.25) is 0 Å². The molecular formula is C13H22N4O. The van der Waals surface area contributed by atoms with Gasteiger partial charge in [0.1, 0.15) is 18.2 Å². The van der Waals surface area contributed by atoms with Crippen molar-refractivity contribution in [2.45, 2.75) is 45.8 Å². The molecule has 1 saturated heterocycles. The highest BCUT2D eigenvalue weighted by atomic mass is 16.5. The van der Waals surface area contributed by atoms with Gasteiger partial charge in [-0.15, -0.1) is 0 Å². The number of rotatable bonds is 4. The van der Waals surface area contributed by atoms with Crippen LogP contribution in [0.4, 0.5) is 11.6 Å². The van der Waals surface area contributed by atoms with Gasteiger partial charge in [0.25, 0.3) is 0 Å². The predicted molar refractivity (Wildman–Crippen MR) is 72.4 cm³/mol. The summed E-state index contributed by atoms with van der Waals surface area (Å²) in [4.78, 5) is 11.1. The lowest BCUT2D eigenvalue weighted by Crippen LogP contribution is -2.38. The predicted octanol–water partition coefficient (Wildman–Crippen LogP) is 1.97. The van der Waals surface area contributed by atoms with E-state index in [1.807, 2.05) is 13.0 Å². The molecule has 0 saturated carbocycles. The topological polar surface area (TPSA) is 64.3 Å². The van der Waals surface area contributed by atoms with Crippen LogP contribution in [-0.4, -0.2) is 28.7 Å². The molecule has 0 radical (unpaired) electrons. The van der Waals surface area contributed by atoms with Gasteiger partial charge < -0.3 is 15.4 Å². The minimum Gasteiger partial charge on any atom is -0.384 e. The van der Waals surface area contributed by atoms with Gasteiger partial charge >= 0.3 is 0 Å². The number of hydrogen-bond acceptors (Lipinski definition) is 5. The van der Waals surface area contributed by atoms with Gasteiger partial charge in [-0.05, 0) is 33.6 Å². The Labute approximate surface area is 108 Å². The van der Waals surface area contributed by atoms with E-state index in [0.29, 0.717) is 24.9 Å². The molecule has 2 rings (SSSR count). The summed E-state index contributed by atoms with van der Waals surface area (Å²) < 4.78 is 5.35. The Morgan fingerprint density at radius 1 is 1.44 bits per heavy atom. The van der Waals surface area contributed by atoms with Gasteiger partial charge in [0, 0.05) is 24.8 Å². The molecule has 1 aromatic heterocycles. The summed E-state index contributed by atoms with van der Waals surface area (Å²) in [5.41, 5.74) is 6.00. The lowest BCUT2D eigenvalue weighted by atomic mass is 10.0. The molecule has 0 aromatic carbocycles. The standard InChI is InChI=1S/C13H22N4O/c1-4-18-9-11-15-10(14)8-12(16-11)17-7-5-6-13(17,2)3/h8H,4-7,9H2,1-3H3,(H2,14,15,16). The van der Waals surface area contributed by atoms with Crippen molar-refractivity contribution in [1.82, 2.24) is 9.97 Å². The van der Waals surface area contributed by atoms with Crippen LogP contribution in [0.25, 0.3) is 0 Å². The largest absolute Gasteiger partial charge is 0.384 e. The number of nitrogens with zero attached hydrogens (tertiary/aromatic N) is 3. The summed E-state index contributed by atoms with van der Waals surface area (Å²) >= 11 is 0. The Morgan fingerprint density at radius 3 is 2.83 bits per heavy atom. The maximum Gasteiger partial charge on any atom is 0.158 e. The van der Waals surface area contributed by atoms with Crippen LogP contribution in [-0.2, 0) is 11.3 Å². The number of aromatic nitrogens is 2. The molecule has 0 aliphatic carbocycles. The Morgan fingerprint density at radius 2 is 2.22 bits per heavy atom. The van der Waals surface area contributed by atoms with Gasteiger partial charge in [-0.25, -0.2) is 9.97 Å². The van der Waals surface area contributed by atoms with Crippen molar-refractivity contribution < 1.29 is 4.74 Å². The van der Waals surface area contributed by atoms with E-state index < -0.39 is 0 Å². The second kappa shape index (κ2) is 5.10. The molecule has 2 N–H and O–H groups in total. The molecular weight excluding hydrogens is 228 g/mol. The summed E-state index contributed by atoms with van der Waals surface area (Å²) in [5, 5.41) is 0. The smallest absolute Gasteiger partial charge is 0.158 e. The molecule has 1 aliphatic rings. The SMILES string of the molecule is CCOCc1nc(N)cc(N2CCCC2(C)C)n1. The average molecular weight is 250 g/mol. The second-order valence-corrected chi connectivity index (χ2v) is 5.27. The summed E-state index contributed by atoms with van der Waals surface area (Å²) in [6.07, 6.45) is 2.37. The van der Waals surface area contributed by atoms with E-state index in [4.69, 9.17) is 10.5 Å². The normalized spacial score (nSPS) is 18.3. The van der Waals surface area contributed by atoms with Crippen molar-refractivity contribution in [1.29, 1.82) is 0 Å². The highest BCUT2D eigenvalue weighted by Crippen LogP contribution is 2.32. The lowest BCUT2D eigenvalue weighted by Gasteiger charge is -2.32. The van der Waals surface area contributed by atoms with Gasteiger partial charge in [0.05, 0.1) is 0 Å². The molecule has 1 aliphatic heterocycles. The second-order valence-electron chi connectivity index (χ2n) is 5.27. The fourth-order valence-corrected chi connectivity index (χ4v) is 2.43. The van der Waals surface area contributed by atoms with E-state index in [-0.39, 0.29) is 5.54 Å². The van der Waals surface area contributed by atoms with Crippen molar-refractivity contribution in [2.75, 3.05) is 23.8 Å². The molecule has 100 valence electrons. The zero-order valence-corrected chi connectivity index (χ0v) is 11.4. The number of nitrogens with two attached hydrogens (primary N) is 1.